The summed E-state index contributed by atoms with van der Waals surface area (Å²) < 4.78 is 14.9. The number of nitrogens with zero attached hydrogens (tertiary/aromatic N) is 2. The summed E-state index contributed by atoms with van der Waals surface area (Å²) in [6.45, 7) is 2.94. The topological polar surface area (TPSA) is 99.6 Å². The van der Waals surface area contributed by atoms with E-state index >= 15 is 0 Å². The van der Waals surface area contributed by atoms with E-state index in [0.29, 0.717) is 0 Å². The van der Waals surface area contributed by atoms with Crippen LogP contribution in [0.15, 0.2) is 24.2 Å². The molecule has 0 saturated carbocycles. The predicted octanol–water partition coefficient (Wildman–Crippen LogP) is 0.617. The standard InChI is InChI=1S/C12H13N3O5/c1-12(2)19-10(16)7(11(17)20-12)6-15-8-9(18-3)14-5-4-13-8/h4-6H,1-3H3,(H,13,15). The van der Waals surface area contributed by atoms with Crippen molar-refractivity contribution < 1.29 is 23.8 Å². The van der Waals surface area contributed by atoms with E-state index < -0.39 is 17.7 Å². The van der Waals surface area contributed by atoms with E-state index in [1.807, 2.05) is 0 Å². The van der Waals surface area contributed by atoms with E-state index in [0.717, 1.165) is 6.20 Å². The van der Waals surface area contributed by atoms with Crippen molar-refractivity contribution in [1.29, 1.82) is 0 Å². The van der Waals surface area contributed by atoms with Gasteiger partial charge in [0, 0.05) is 32.4 Å². The average Bonchev–Trinajstić information content (AvgIpc) is 2.36. The Balaban J connectivity index is 2.19. The maximum Gasteiger partial charge on any atom is 0.350 e. The highest BCUT2D eigenvalue weighted by molar-refractivity contribution is 6.15. The van der Waals surface area contributed by atoms with Gasteiger partial charge in [-0.1, -0.05) is 0 Å². The Hall–Kier alpha value is -2.64. The van der Waals surface area contributed by atoms with E-state index in [1.54, 1.807) is 0 Å². The van der Waals surface area contributed by atoms with Crippen LogP contribution in [-0.2, 0) is 19.1 Å². The zero-order chi connectivity index (χ0) is 14.8. The number of carbonyl (C=O) groups excluding carboxylic acids is 2. The predicted molar refractivity (Wildman–Crippen MR) is 66.6 cm³/mol. The largest absolute Gasteiger partial charge is 0.478 e. The van der Waals surface area contributed by atoms with Crippen LogP contribution in [0.4, 0.5) is 5.82 Å². The molecular formula is C12H13N3O5. The maximum absolute atomic E-state index is 11.7. The minimum Gasteiger partial charge on any atom is -0.478 e. The monoisotopic (exact) mass is 279 g/mol. The molecule has 8 heteroatoms. The first-order chi connectivity index (χ1) is 9.43. The molecule has 0 spiro atoms. The molecule has 1 aliphatic heterocycles. The minimum atomic E-state index is -1.27. The fraction of sp³-hybridized carbons (Fsp3) is 0.333. The fourth-order valence-corrected chi connectivity index (χ4v) is 1.49. The molecule has 8 nitrogen and oxygen atoms in total. The molecule has 20 heavy (non-hydrogen) atoms. The molecule has 0 aliphatic carbocycles. The second kappa shape index (κ2) is 5.16. The van der Waals surface area contributed by atoms with Gasteiger partial charge >= 0.3 is 11.9 Å². The molecule has 2 heterocycles. The van der Waals surface area contributed by atoms with E-state index in [1.165, 1.54) is 33.4 Å². The lowest BCUT2D eigenvalue weighted by atomic mass is 10.2. The quantitative estimate of drug-likeness (QED) is 0.488. The first-order valence-corrected chi connectivity index (χ1v) is 5.71. The number of hydrogen-bond acceptors (Lipinski definition) is 8. The molecule has 1 fully saturated rings. The van der Waals surface area contributed by atoms with Gasteiger partial charge in [0.05, 0.1) is 7.11 Å². The van der Waals surface area contributed by atoms with Crippen LogP contribution >= 0.6 is 0 Å². The highest BCUT2D eigenvalue weighted by Gasteiger charge is 2.39. The van der Waals surface area contributed by atoms with Crippen LogP contribution in [0.3, 0.4) is 0 Å². The van der Waals surface area contributed by atoms with E-state index in [-0.39, 0.29) is 17.3 Å². The lowest BCUT2D eigenvalue weighted by molar-refractivity contribution is -0.222. The summed E-state index contributed by atoms with van der Waals surface area (Å²) in [5.74, 6) is -2.34. The van der Waals surface area contributed by atoms with Crippen molar-refractivity contribution in [2.45, 2.75) is 19.6 Å². The molecule has 1 N–H and O–H groups in total. The van der Waals surface area contributed by atoms with Crippen LogP contribution < -0.4 is 10.1 Å². The molecule has 0 bridgehead atoms. The summed E-state index contributed by atoms with van der Waals surface area (Å²) in [6.07, 6.45) is 4.03. The minimum absolute atomic E-state index is 0.224. The van der Waals surface area contributed by atoms with Crippen molar-refractivity contribution in [3.05, 3.63) is 24.2 Å². The normalized spacial score (nSPS) is 17.1. The van der Waals surface area contributed by atoms with Crippen molar-refractivity contribution in [1.82, 2.24) is 9.97 Å². The number of hydrogen-bond donors (Lipinski definition) is 1. The smallest absolute Gasteiger partial charge is 0.350 e. The molecule has 106 valence electrons. The van der Waals surface area contributed by atoms with Crippen molar-refractivity contribution in [3.63, 3.8) is 0 Å². The van der Waals surface area contributed by atoms with Gasteiger partial charge in [0.15, 0.2) is 11.4 Å². The number of anilines is 1. The van der Waals surface area contributed by atoms with Gasteiger partial charge in [-0.2, -0.15) is 0 Å². The third kappa shape index (κ3) is 2.85. The zero-order valence-corrected chi connectivity index (χ0v) is 11.2. The molecule has 1 aliphatic rings. The number of cyclic esters (lactones) is 2. The number of methoxy groups -OCH3 is 1. The summed E-state index contributed by atoms with van der Waals surface area (Å²) in [6, 6.07) is 0. The Labute approximate surface area is 114 Å². The Morgan fingerprint density at radius 3 is 2.40 bits per heavy atom. The van der Waals surface area contributed by atoms with Crippen molar-refractivity contribution >= 4 is 17.8 Å². The van der Waals surface area contributed by atoms with Crippen LogP contribution in [0.2, 0.25) is 0 Å². The summed E-state index contributed by atoms with van der Waals surface area (Å²) in [7, 11) is 1.42. The lowest BCUT2D eigenvalue weighted by Gasteiger charge is -2.29. The Bertz CT molecular complexity index is 560. The van der Waals surface area contributed by atoms with Gasteiger partial charge in [0.2, 0.25) is 0 Å². The highest BCUT2D eigenvalue weighted by atomic mass is 16.7. The highest BCUT2D eigenvalue weighted by Crippen LogP contribution is 2.23. The van der Waals surface area contributed by atoms with Gasteiger partial charge < -0.3 is 19.5 Å². The number of nitrogens with one attached hydrogen (secondary N) is 1. The van der Waals surface area contributed by atoms with Crippen molar-refractivity contribution in [3.8, 4) is 5.88 Å². The van der Waals surface area contributed by atoms with Gasteiger partial charge in [-0.15, -0.1) is 0 Å². The van der Waals surface area contributed by atoms with Gasteiger partial charge in [0.1, 0.15) is 0 Å². The first-order valence-electron chi connectivity index (χ1n) is 5.71. The van der Waals surface area contributed by atoms with Crippen molar-refractivity contribution in [2.75, 3.05) is 12.4 Å². The van der Waals surface area contributed by atoms with Gasteiger partial charge in [-0.05, 0) is 0 Å². The third-order valence-electron chi connectivity index (χ3n) is 2.33. The van der Waals surface area contributed by atoms with Gasteiger partial charge in [0.25, 0.3) is 11.7 Å². The van der Waals surface area contributed by atoms with Crippen LogP contribution in [0.5, 0.6) is 5.88 Å². The molecule has 1 saturated heterocycles. The summed E-state index contributed by atoms with van der Waals surface area (Å²) >= 11 is 0. The molecule has 2 rings (SSSR count). The Morgan fingerprint density at radius 1 is 1.20 bits per heavy atom. The zero-order valence-electron chi connectivity index (χ0n) is 11.2. The third-order valence-corrected chi connectivity index (χ3v) is 2.33. The van der Waals surface area contributed by atoms with Crippen molar-refractivity contribution in [2.24, 2.45) is 0 Å². The first kappa shape index (κ1) is 13.8. The lowest BCUT2D eigenvalue weighted by Crippen LogP contribution is -2.42. The van der Waals surface area contributed by atoms with Crippen LogP contribution in [0, 0.1) is 0 Å². The van der Waals surface area contributed by atoms with E-state index in [2.05, 4.69) is 15.3 Å². The van der Waals surface area contributed by atoms with Crippen LogP contribution in [0.1, 0.15) is 13.8 Å². The summed E-state index contributed by atoms with van der Waals surface area (Å²) in [5.41, 5.74) is -0.267. The molecule has 0 unspecified atom stereocenters. The number of carbonyl (C=O) groups is 2. The molecular weight excluding hydrogens is 266 g/mol. The van der Waals surface area contributed by atoms with E-state index in [4.69, 9.17) is 14.2 Å². The summed E-state index contributed by atoms with van der Waals surface area (Å²) in [4.78, 5) is 31.3. The van der Waals surface area contributed by atoms with Gasteiger partial charge in [-0.25, -0.2) is 19.6 Å². The number of rotatable bonds is 3. The summed E-state index contributed by atoms with van der Waals surface area (Å²) in [5, 5.41) is 2.66. The van der Waals surface area contributed by atoms with Gasteiger partial charge in [-0.3, -0.25) is 0 Å². The number of esters is 2. The average molecular weight is 279 g/mol. The molecule has 0 amide bonds. The number of aromatic nitrogens is 2. The maximum atomic E-state index is 11.7. The molecule has 1 aromatic heterocycles. The second-order valence-corrected chi connectivity index (χ2v) is 4.30. The number of ether oxygens (including phenoxy) is 3. The SMILES string of the molecule is COc1nccnc1NC=C1C(=O)OC(C)(C)OC1=O. The molecule has 0 atom stereocenters. The molecule has 0 radical (unpaired) electrons. The fourth-order valence-electron chi connectivity index (χ4n) is 1.49. The Kier molecular flexibility index (Phi) is 3.55. The molecule has 0 aromatic carbocycles. The second-order valence-electron chi connectivity index (χ2n) is 4.30. The molecule has 1 aromatic rings. The van der Waals surface area contributed by atoms with Crippen LogP contribution in [0.25, 0.3) is 0 Å². The van der Waals surface area contributed by atoms with E-state index in [9.17, 15) is 9.59 Å². The Morgan fingerprint density at radius 2 is 1.80 bits per heavy atom. The van der Waals surface area contributed by atoms with Crippen LogP contribution in [-0.4, -0.2) is 34.8 Å².